The van der Waals surface area contributed by atoms with Crippen molar-refractivity contribution in [2.24, 2.45) is 5.92 Å². The van der Waals surface area contributed by atoms with E-state index in [9.17, 15) is 18.0 Å². The maximum Gasteiger partial charge on any atom is 0.338 e. The molecule has 26 heavy (non-hydrogen) atoms. The van der Waals surface area contributed by atoms with Crippen LogP contribution in [0.1, 0.15) is 43.0 Å². The maximum absolute atomic E-state index is 12.1. The molecule has 7 nitrogen and oxygen atoms in total. The van der Waals surface area contributed by atoms with Gasteiger partial charge in [0.2, 0.25) is 10.0 Å². The van der Waals surface area contributed by atoms with Gasteiger partial charge in [-0.25, -0.2) is 17.9 Å². The Morgan fingerprint density at radius 2 is 1.96 bits per heavy atom. The molecule has 1 aromatic rings. The Labute approximate surface area is 158 Å². The molecule has 1 aromatic carbocycles. The lowest BCUT2D eigenvalue weighted by Crippen LogP contribution is -2.42. The summed E-state index contributed by atoms with van der Waals surface area (Å²) in [5.74, 6) is -0.760. The highest BCUT2D eigenvalue weighted by atomic mass is 35.5. The number of esters is 1. The number of ether oxygens (including phenoxy) is 1. The van der Waals surface area contributed by atoms with Gasteiger partial charge in [0.25, 0.3) is 5.91 Å². The number of carbonyl (C=O) groups is 2. The van der Waals surface area contributed by atoms with Crippen LogP contribution in [0, 0.1) is 5.92 Å². The van der Waals surface area contributed by atoms with Crippen molar-refractivity contribution >= 4 is 33.5 Å². The van der Waals surface area contributed by atoms with Crippen LogP contribution in [-0.2, 0) is 19.6 Å². The second kappa shape index (κ2) is 8.83. The highest BCUT2D eigenvalue weighted by Gasteiger charge is 2.24. The van der Waals surface area contributed by atoms with Crippen molar-refractivity contribution in [1.82, 2.24) is 10.0 Å². The normalized spacial score (nSPS) is 20.4. The van der Waals surface area contributed by atoms with Gasteiger partial charge in [-0.15, -0.1) is 0 Å². The zero-order valence-electron chi connectivity index (χ0n) is 14.7. The third-order valence-electron chi connectivity index (χ3n) is 4.52. The Balaban J connectivity index is 1.97. The van der Waals surface area contributed by atoms with Crippen molar-refractivity contribution in [3.05, 3.63) is 28.8 Å². The van der Waals surface area contributed by atoms with E-state index in [0.29, 0.717) is 5.92 Å². The number of carbonyl (C=O) groups excluding carboxylic acids is 2. The SMILES string of the molecule is CNS(=O)(=O)c1cc(C(=O)OCC(=O)N[C@H]2CCCC[C@@H]2C)ccc1Cl. The van der Waals surface area contributed by atoms with Gasteiger partial charge < -0.3 is 10.1 Å². The van der Waals surface area contributed by atoms with E-state index < -0.39 is 22.6 Å². The predicted octanol–water partition coefficient (Wildman–Crippen LogP) is 2.10. The summed E-state index contributed by atoms with van der Waals surface area (Å²) >= 11 is 5.88. The van der Waals surface area contributed by atoms with E-state index in [4.69, 9.17) is 16.3 Å². The molecule has 0 aliphatic heterocycles. The molecular formula is C17H23ClN2O5S. The molecule has 2 N–H and O–H groups in total. The molecular weight excluding hydrogens is 380 g/mol. The molecule has 0 bridgehead atoms. The van der Waals surface area contributed by atoms with Crippen LogP contribution in [-0.4, -0.2) is 40.0 Å². The highest BCUT2D eigenvalue weighted by Crippen LogP contribution is 2.24. The van der Waals surface area contributed by atoms with Crippen molar-refractivity contribution < 1.29 is 22.7 Å². The topological polar surface area (TPSA) is 102 Å². The largest absolute Gasteiger partial charge is 0.452 e. The average Bonchev–Trinajstić information content (AvgIpc) is 2.62. The summed E-state index contributed by atoms with van der Waals surface area (Å²) in [7, 11) is -2.57. The molecule has 1 fully saturated rings. The summed E-state index contributed by atoms with van der Waals surface area (Å²) in [6.07, 6.45) is 4.22. The Morgan fingerprint density at radius 1 is 1.27 bits per heavy atom. The van der Waals surface area contributed by atoms with Crippen molar-refractivity contribution in [1.29, 1.82) is 0 Å². The van der Waals surface area contributed by atoms with E-state index in [1.54, 1.807) is 0 Å². The summed E-state index contributed by atoms with van der Waals surface area (Å²) in [6, 6.07) is 3.86. The summed E-state index contributed by atoms with van der Waals surface area (Å²) in [4.78, 5) is 23.9. The van der Waals surface area contributed by atoms with Gasteiger partial charge in [-0.05, 0) is 44.0 Å². The van der Waals surface area contributed by atoms with Crippen LogP contribution in [0.3, 0.4) is 0 Å². The Morgan fingerprint density at radius 3 is 2.62 bits per heavy atom. The molecule has 0 saturated heterocycles. The molecule has 0 radical (unpaired) electrons. The van der Waals surface area contributed by atoms with Crippen molar-refractivity contribution in [2.45, 2.75) is 43.5 Å². The Bertz CT molecular complexity index is 781. The lowest BCUT2D eigenvalue weighted by Gasteiger charge is -2.29. The number of hydrogen-bond donors (Lipinski definition) is 2. The number of sulfonamides is 1. The van der Waals surface area contributed by atoms with Gasteiger partial charge in [-0.2, -0.15) is 0 Å². The maximum atomic E-state index is 12.1. The van der Waals surface area contributed by atoms with E-state index >= 15 is 0 Å². The number of amides is 1. The van der Waals surface area contributed by atoms with Crippen molar-refractivity contribution in [3.8, 4) is 0 Å². The van der Waals surface area contributed by atoms with Crippen LogP contribution in [0.2, 0.25) is 5.02 Å². The quantitative estimate of drug-likeness (QED) is 0.709. The molecule has 1 aliphatic carbocycles. The van der Waals surface area contributed by atoms with Crippen LogP contribution < -0.4 is 10.0 Å². The molecule has 9 heteroatoms. The van der Waals surface area contributed by atoms with Gasteiger partial charge >= 0.3 is 5.97 Å². The van der Waals surface area contributed by atoms with Gasteiger partial charge in [0.1, 0.15) is 4.90 Å². The molecule has 1 aliphatic rings. The fourth-order valence-electron chi connectivity index (χ4n) is 2.94. The lowest BCUT2D eigenvalue weighted by molar-refractivity contribution is -0.125. The van der Waals surface area contributed by atoms with E-state index in [-0.39, 0.29) is 27.4 Å². The van der Waals surface area contributed by atoms with Crippen LogP contribution in [0.5, 0.6) is 0 Å². The third-order valence-corrected chi connectivity index (χ3v) is 6.41. The van der Waals surface area contributed by atoms with E-state index in [2.05, 4.69) is 17.0 Å². The van der Waals surface area contributed by atoms with Crippen molar-refractivity contribution in [3.63, 3.8) is 0 Å². The molecule has 0 aromatic heterocycles. The van der Waals surface area contributed by atoms with Crippen LogP contribution in [0.15, 0.2) is 23.1 Å². The molecule has 2 rings (SSSR count). The smallest absolute Gasteiger partial charge is 0.338 e. The first-order chi connectivity index (χ1) is 12.2. The predicted molar refractivity (Wildman–Crippen MR) is 97.5 cm³/mol. The van der Waals surface area contributed by atoms with Crippen molar-refractivity contribution in [2.75, 3.05) is 13.7 Å². The van der Waals surface area contributed by atoms with Crippen LogP contribution >= 0.6 is 11.6 Å². The summed E-state index contributed by atoms with van der Waals surface area (Å²) < 4.78 is 30.9. The molecule has 144 valence electrons. The van der Waals surface area contributed by atoms with Gasteiger partial charge in [-0.3, -0.25) is 4.79 Å². The second-order valence-electron chi connectivity index (χ2n) is 6.36. The number of hydrogen-bond acceptors (Lipinski definition) is 5. The van der Waals surface area contributed by atoms with Gasteiger partial charge in [0.15, 0.2) is 6.61 Å². The summed E-state index contributed by atoms with van der Waals surface area (Å²) in [5, 5.41) is 2.87. The first-order valence-corrected chi connectivity index (χ1v) is 10.3. The fourth-order valence-corrected chi connectivity index (χ4v) is 4.19. The summed E-state index contributed by atoms with van der Waals surface area (Å²) in [6.45, 7) is 1.67. The first-order valence-electron chi connectivity index (χ1n) is 8.44. The zero-order valence-corrected chi connectivity index (χ0v) is 16.3. The van der Waals surface area contributed by atoms with Gasteiger partial charge in [0.05, 0.1) is 10.6 Å². The second-order valence-corrected chi connectivity index (χ2v) is 8.63. The molecule has 1 amide bonds. The molecule has 0 spiro atoms. The first kappa shape index (κ1) is 20.7. The molecule has 0 unspecified atom stereocenters. The van der Waals surface area contributed by atoms with Gasteiger partial charge in [-0.1, -0.05) is 31.4 Å². The van der Waals surface area contributed by atoms with E-state index in [1.807, 2.05) is 0 Å². The Hall–Kier alpha value is -1.64. The zero-order chi connectivity index (χ0) is 19.3. The minimum atomic E-state index is -3.81. The lowest BCUT2D eigenvalue weighted by atomic mass is 9.86. The van der Waals surface area contributed by atoms with Gasteiger partial charge in [0, 0.05) is 6.04 Å². The average molecular weight is 403 g/mol. The van der Waals surface area contributed by atoms with E-state index in [1.165, 1.54) is 19.2 Å². The number of rotatable bonds is 6. The molecule has 1 saturated carbocycles. The minimum Gasteiger partial charge on any atom is -0.452 e. The number of nitrogens with one attached hydrogen (secondary N) is 2. The minimum absolute atomic E-state index is 0.00191. The van der Waals surface area contributed by atoms with Crippen LogP contribution in [0.25, 0.3) is 0 Å². The monoisotopic (exact) mass is 402 g/mol. The number of halogens is 1. The van der Waals surface area contributed by atoms with Crippen LogP contribution in [0.4, 0.5) is 0 Å². The Kier molecular flexibility index (Phi) is 7.02. The molecule has 2 atom stereocenters. The molecule has 0 heterocycles. The van der Waals surface area contributed by atoms with E-state index in [0.717, 1.165) is 31.7 Å². The third kappa shape index (κ3) is 5.18. The highest BCUT2D eigenvalue weighted by molar-refractivity contribution is 7.89. The standard InChI is InChI=1S/C17H23ClN2O5S/c1-11-5-3-4-6-14(11)20-16(21)10-25-17(22)12-7-8-13(18)15(9-12)26(23,24)19-2/h7-9,11,14,19H,3-6,10H2,1-2H3,(H,20,21)/t11-,14-/m0/s1. The fraction of sp³-hybridized carbons (Fsp3) is 0.529. The summed E-state index contributed by atoms with van der Waals surface area (Å²) in [5.41, 5.74) is 0.00191. The number of benzene rings is 1.